The fraction of sp³-hybridized carbons (Fsp3) is 0.176. The average Bonchev–Trinajstić information content (AvgIpc) is 2.86. The summed E-state index contributed by atoms with van der Waals surface area (Å²) in [6, 6.07) is 12.1. The summed E-state index contributed by atoms with van der Waals surface area (Å²) in [6.45, 7) is 0.849. The van der Waals surface area contributed by atoms with Gasteiger partial charge in [-0.05, 0) is 47.9 Å². The van der Waals surface area contributed by atoms with E-state index >= 15 is 0 Å². The normalized spacial score (nSPS) is 17.0. The van der Waals surface area contributed by atoms with E-state index < -0.39 is 0 Å². The fourth-order valence-corrected chi connectivity index (χ4v) is 3.15. The van der Waals surface area contributed by atoms with E-state index in [0.717, 1.165) is 35.1 Å². The minimum Gasteiger partial charge on any atom is -0.508 e. The summed E-state index contributed by atoms with van der Waals surface area (Å²) in [6.07, 6.45) is 0.882. The zero-order chi connectivity index (χ0) is 14.4. The number of benzene rings is 2. The maximum absolute atomic E-state index is 13.5. The largest absolute Gasteiger partial charge is 0.508 e. The first-order valence-electron chi connectivity index (χ1n) is 7.05. The van der Waals surface area contributed by atoms with Crippen molar-refractivity contribution in [1.82, 2.24) is 10.3 Å². The molecule has 1 aliphatic rings. The van der Waals surface area contributed by atoms with Crippen LogP contribution in [0.25, 0.3) is 10.9 Å². The van der Waals surface area contributed by atoms with Gasteiger partial charge < -0.3 is 15.4 Å². The monoisotopic (exact) mass is 318 g/mol. The Morgan fingerprint density at radius 1 is 1.09 bits per heavy atom. The number of fused-ring (bicyclic) bond motifs is 3. The van der Waals surface area contributed by atoms with Gasteiger partial charge in [-0.3, -0.25) is 0 Å². The van der Waals surface area contributed by atoms with Gasteiger partial charge in [0.05, 0.1) is 6.04 Å². The number of aromatic hydroxyl groups is 1. The molecule has 4 rings (SSSR count). The van der Waals surface area contributed by atoms with Crippen LogP contribution in [0.1, 0.15) is 22.9 Å². The van der Waals surface area contributed by atoms with E-state index in [2.05, 4.69) is 10.3 Å². The van der Waals surface area contributed by atoms with Crippen LogP contribution in [-0.4, -0.2) is 16.6 Å². The number of hydrogen-bond acceptors (Lipinski definition) is 2. The van der Waals surface area contributed by atoms with Crippen molar-refractivity contribution in [2.24, 2.45) is 0 Å². The molecule has 1 aromatic heterocycles. The molecule has 0 bridgehead atoms. The Morgan fingerprint density at radius 3 is 2.64 bits per heavy atom. The number of aromatic nitrogens is 1. The number of phenols is 1. The minimum atomic E-state index is -0.205. The molecule has 2 aromatic carbocycles. The van der Waals surface area contributed by atoms with Crippen molar-refractivity contribution in [2.45, 2.75) is 12.5 Å². The van der Waals surface area contributed by atoms with Crippen molar-refractivity contribution in [1.29, 1.82) is 0 Å². The molecule has 0 radical (unpaired) electrons. The third kappa shape index (κ3) is 2.34. The van der Waals surface area contributed by atoms with Gasteiger partial charge in [-0.2, -0.15) is 0 Å². The van der Waals surface area contributed by atoms with Crippen LogP contribution in [0.15, 0.2) is 42.5 Å². The van der Waals surface area contributed by atoms with Crippen LogP contribution in [0.5, 0.6) is 5.75 Å². The molecule has 5 heteroatoms. The van der Waals surface area contributed by atoms with E-state index in [0.29, 0.717) is 0 Å². The smallest absolute Gasteiger partial charge is 0.123 e. The lowest BCUT2D eigenvalue weighted by molar-refractivity contribution is 0.474. The predicted molar refractivity (Wildman–Crippen MR) is 87.2 cm³/mol. The van der Waals surface area contributed by atoms with Crippen molar-refractivity contribution < 1.29 is 9.50 Å². The van der Waals surface area contributed by atoms with Crippen molar-refractivity contribution in [3.63, 3.8) is 0 Å². The Morgan fingerprint density at radius 2 is 1.86 bits per heavy atom. The highest BCUT2D eigenvalue weighted by molar-refractivity contribution is 5.86. The maximum atomic E-state index is 13.5. The molecule has 3 N–H and O–H groups in total. The van der Waals surface area contributed by atoms with Gasteiger partial charge in [-0.1, -0.05) is 12.1 Å². The lowest BCUT2D eigenvalue weighted by Crippen LogP contribution is -2.30. The molecule has 3 nitrogen and oxygen atoms in total. The Kier molecular flexibility index (Phi) is 3.81. The first-order chi connectivity index (χ1) is 10.2. The number of rotatable bonds is 1. The summed E-state index contributed by atoms with van der Waals surface area (Å²) < 4.78 is 13.5. The molecule has 22 heavy (non-hydrogen) atoms. The molecule has 2 heterocycles. The number of aromatic amines is 1. The SMILES string of the molecule is Cl.Oc1ccc(C2NCCc3c2[nH]c2ccc(F)cc32)cc1. The fourth-order valence-electron chi connectivity index (χ4n) is 3.15. The van der Waals surface area contributed by atoms with Crippen LogP contribution >= 0.6 is 12.4 Å². The number of halogens is 2. The quantitative estimate of drug-likeness (QED) is 0.641. The second-order valence-electron chi connectivity index (χ2n) is 5.44. The third-order valence-corrected chi connectivity index (χ3v) is 4.14. The molecule has 0 saturated heterocycles. The molecule has 0 spiro atoms. The van der Waals surface area contributed by atoms with E-state index in [1.807, 2.05) is 12.1 Å². The summed E-state index contributed by atoms with van der Waals surface area (Å²) in [5.41, 5.74) is 4.32. The van der Waals surface area contributed by atoms with Gasteiger partial charge in [0.1, 0.15) is 11.6 Å². The van der Waals surface area contributed by atoms with Crippen LogP contribution in [0.2, 0.25) is 0 Å². The van der Waals surface area contributed by atoms with E-state index in [-0.39, 0.29) is 30.0 Å². The highest BCUT2D eigenvalue weighted by atomic mass is 35.5. The summed E-state index contributed by atoms with van der Waals surface area (Å²) in [5, 5.41) is 13.9. The van der Waals surface area contributed by atoms with E-state index in [1.54, 1.807) is 24.3 Å². The molecule has 0 saturated carbocycles. The lowest BCUT2D eigenvalue weighted by atomic mass is 9.94. The Bertz CT molecular complexity index is 813. The van der Waals surface area contributed by atoms with Crippen molar-refractivity contribution in [2.75, 3.05) is 6.54 Å². The number of hydrogen-bond donors (Lipinski definition) is 3. The zero-order valence-corrected chi connectivity index (χ0v) is 12.6. The highest BCUT2D eigenvalue weighted by Crippen LogP contribution is 2.34. The van der Waals surface area contributed by atoms with Crippen LogP contribution in [0.4, 0.5) is 4.39 Å². The van der Waals surface area contributed by atoms with Gasteiger partial charge in [0.15, 0.2) is 0 Å². The molecule has 0 aliphatic carbocycles. The van der Waals surface area contributed by atoms with Crippen molar-refractivity contribution in [3.05, 3.63) is 65.1 Å². The summed E-state index contributed by atoms with van der Waals surface area (Å²) in [4.78, 5) is 3.41. The molecular formula is C17H16ClFN2O. The molecule has 0 fully saturated rings. The molecule has 1 unspecified atom stereocenters. The number of nitrogens with one attached hydrogen (secondary N) is 2. The van der Waals surface area contributed by atoms with E-state index in [1.165, 1.54) is 11.6 Å². The molecule has 1 atom stereocenters. The second kappa shape index (κ2) is 5.63. The topological polar surface area (TPSA) is 48.0 Å². The van der Waals surface area contributed by atoms with Gasteiger partial charge in [0, 0.05) is 23.1 Å². The van der Waals surface area contributed by atoms with Gasteiger partial charge in [0.25, 0.3) is 0 Å². The Balaban J connectivity index is 0.00000144. The lowest BCUT2D eigenvalue weighted by Gasteiger charge is -2.24. The average molecular weight is 319 g/mol. The number of phenolic OH excluding ortho intramolecular Hbond substituents is 1. The van der Waals surface area contributed by atoms with Crippen LogP contribution < -0.4 is 5.32 Å². The van der Waals surface area contributed by atoms with Gasteiger partial charge in [-0.25, -0.2) is 4.39 Å². The molecular weight excluding hydrogens is 303 g/mol. The molecule has 0 amide bonds. The standard InChI is InChI=1S/C17H15FN2O.ClH/c18-11-3-6-15-14(9-11)13-7-8-19-16(17(13)20-15)10-1-4-12(21)5-2-10;/h1-6,9,16,19-21H,7-8H2;1H. The maximum Gasteiger partial charge on any atom is 0.123 e. The Hall–Kier alpha value is -2.04. The third-order valence-electron chi connectivity index (χ3n) is 4.14. The van der Waals surface area contributed by atoms with Crippen LogP contribution in [0, 0.1) is 5.82 Å². The van der Waals surface area contributed by atoms with Crippen LogP contribution in [-0.2, 0) is 6.42 Å². The summed E-state index contributed by atoms with van der Waals surface area (Å²) >= 11 is 0. The van der Waals surface area contributed by atoms with Crippen LogP contribution in [0.3, 0.4) is 0 Å². The van der Waals surface area contributed by atoms with Gasteiger partial charge in [0.2, 0.25) is 0 Å². The van der Waals surface area contributed by atoms with E-state index in [9.17, 15) is 9.50 Å². The summed E-state index contributed by atoms with van der Waals surface area (Å²) in [7, 11) is 0. The highest BCUT2D eigenvalue weighted by Gasteiger charge is 2.25. The van der Waals surface area contributed by atoms with Gasteiger partial charge >= 0.3 is 0 Å². The Labute approximate surface area is 133 Å². The first-order valence-corrected chi connectivity index (χ1v) is 7.05. The number of H-pyrrole nitrogens is 1. The zero-order valence-electron chi connectivity index (χ0n) is 11.8. The van der Waals surface area contributed by atoms with Gasteiger partial charge in [-0.15, -0.1) is 12.4 Å². The molecule has 114 valence electrons. The molecule has 3 aromatic rings. The summed E-state index contributed by atoms with van der Waals surface area (Å²) in [5.74, 6) is 0.0533. The van der Waals surface area contributed by atoms with Crippen molar-refractivity contribution in [3.8, 4) is 5.75 Å². The van der Waals surface area contributed by atoms with Crippen molar-refractivity contribution >= 4 is 23.3 Å². The molecule has 1 aliphatic heterocycles. The minimum absolute atomic E-state index is 0. The second-order valence-corrected chi connectivity index (χ2v) is 5.44. The predicted octanol–water partition coefficient (Wildman–Crippen LogP) is 3.67. The first kappa shape index (κ1) is 14.9. The van der Waals surface area contributed by atoms with E-state index in [4.69, 9.17) is 0 Å².